The Hall–Kier alpha value is -1.56. The molecule has 3 rings (SSSR count). The SMILES string of the molecule is CCCc1cc2c(c3ccccc13)C=CCC2. The smallest absolute Gasteiger partial charge is 0.0106 e. The molecule has 17 heavy (non-hydrogen) atoms. The predicted octanol–water partition coefficient (Wildman–Crippen LogP) is 4.75. The van der Waals surface area contributed by atoms with Gasteiger partial charge in [0.15, 0.2) is 0 Å². The van der Waals surface area contributed by atoms with Crippen LogP contribution in [0.5, 0.6) is 0 Å². The second-order valence-corrected chi connectivity index (χ2v) is 4.85. The number of rotatable bonds is 2. The number of allylic oxidation sites excluding steroid dienone is 1. The number of fused-ring (bicyclic) bond motifs is 3. The van der Waals surface area contributed by atoms with Gasteiger partial charge >= 0.3 is 0 Å². The highest BCUT2D eigenvalue weighted by atomic mass is 14.2. The number of hydrogen-bond acceptors (Lipinski definition) is 0. The second-order valence-electron chi connectivity index (χ2n) is 4.85. The maximum Gasteiger partial charge on any atom is -0.0106 e. The van der Waals surface area contributed by atoms with Crippen LogP contribution in [0, 0.1) is 0 Å². The summed E-state index contributed by atoms with van der Waals surface area (Å²) < 4.78 is 0. The molecule has 1 aliphatic rings. The first-order chi connectivity index (χ1) is 8.40. The van der Waals surface area contributed by atoms with Crippen molar-refractivity contribution >= 4 is 16.8 Å². The van der Waals surface area contributed by atoms with Crippen molar-refractivity contribution in [3.8, 4) is 0 Å². The summed E-state index contributed by atoms with van der Waals surface area (Å²) >= 11 is 0. The van der Waals surface area contributed by atoms with Gasteiger partial charge in [0.25, 0.3) is 0 Å². The zero-order chi connectivity index (χ0) is 11.7. The molecule has 0 saturated carbocycles. The lowest BCUT2D eigenvalue weighted by atomic mass is 9.88. The molecule has 0 radical (unpaired) electrons. The van der Waals surface area contributed by atoms with E-state index < -0.39 is 0 Å². The topological polar surface area (TPSA) is 0 Å². The van der Waals surface area contributed by atoms with Gasteiger partial charge in [-0.05, 0) is 46.7 Å². The molecule has 0 aliphatic heterocycles. The van der Waals surface area contributed by atoms with Crippen molar-refractivity contribution in [3.63, 3.8) is 0 Å². The van der Waals surface area contributed by atoms with Crippen LogP contribution in [0.2, 0.25) is 0 Å². The van der Waals surface area contributed by atoms with Crippen LogP contribution in [0.3, 0.4) is 0 Å². The third kappa shape index (κ3) is 1.78. The Morgan fingerprint density at radius 1 is 1.12 bits per heavy atom. The average Bonchev–Trinajstić information content (AvgIpc) is 2.39. The third-order valence-electron chi connectivity index (χ3n) is 3.64. The molecule has 86 valence electrons. The molecule has 1 aliphatic carbocycles. The average molecular weight is 222 g/mol. The van der Waals surface area contributed by atoms with Gasteiger partial charge in [-0.2, -0.15) is 0 Å². The van der Waals surface area contributed by atoms with Gasteiger partial charge in [0.05, 0.1) is 0 Å². The van der Waals surface area contributed by atoms with Crippen LogP contribution >= 0.6 is 0 Å². The molecular weight excluding hydrogens is 204 g/mol. The first kappa shape index (κ1) is 10.6. The van der Waals surface area contributed by atoms with Gasteiger partial charge in [0.2, 0.25) is 0 Å². The van der Waals surface area contributed by atoms with Crippen LogP contribution in [0.15, 0.2) is 36.4 Å². The summed E-state index contributed by atoms with van der Waals surface area (Å²) in [6, 6.07) is 11.3. The molecule has 0 unspecified atom stereocenters. The fourth-order valence-corrected chi connectivity index (χ4v) is 2.86. The Morgan fingerprint density at radius 3 is 2.76 bits per heavy atom. The summed E-state index contributed by atoms with van der Waals surface area (Å²) in [4.78, 5) is 0. The minimum absolute atomic E-state index is 1.19. The number of benzene rings is 2. The first-order valence-corrected chi connectivity index (χ1v) is 6.60. The largest absolute Gasteiger partial charge is 0.0836 e. The molecular formula is C17H18. The molecule has 2 aromatic rings. The van der Waals surface area contributed by atoms with E-state index in [1.807, 2.05) is 0 Å². The summed E-state index contributed by atoms with van der Waals surface area (Å²) in [6.45, 7) is 2.26. The van der Waals surface area contributed by atoms with Crippen LogP contribution < -0.4 is 0 Å². The summed E-state index contributed by atoms with van der Waals surface area (Å²) in [7, 11) is 0. The van der Waals surface area contributed by atoms with E-state index in [1.54, 1.807) is 0 Å². The minimum atomic E-state index is 1.19. The number of aryl methyl sites for hydroxylation is 2. The summed E-state index contributed by atoms with van der Waals surface area (Å²) in [5, 5.41) is 2.88. The van der Waals surface area contributed by atoms with E-state index in [0.29, 0.717) is 0 Å². The van der Waals surface area contributed by atoms with Crippen LogP contribution in [0.4, 0.5) is 0 Å². The highest BCUT2D eigenvalue weighted by Gasteiger charge is 2.11. The van der Waals surface area contributed by atoms with Crippen molar-refractivity contribution < 1.29 is 0 Å². The zero-order valence-corrected chi connectivity index (χ0v) is 10.4. The van der Waals surface area contributed by atoms with Crippen molar-refractivity contribution in [3.05, 3.63) is 53.1 Å². The van der Waals surface area contributed by atoms with Crippen LogP contribution in [-0.2, 0) is 12.8 Å². The fourth-order valence-electron chi connectivity index (χ4n) is 2.86. The Kier molecular flexibility index (Phi) is 2.72. The molecule has 0 atom stereocenters. The Labute approximate surface area is 103 Å². The van der Waals surface area contributed by atoms with Gasteiger partial charge < -0.3 is 0 Å². The third-order valence-corrected chi connectivity index (χ3v) is 3.64. The summed E-state index contributed by atoms with van der Waals surface area (Å²) in [5.41, 5.74) is 4.51. The molecule has 0 bridgehead atoms. The van der Waals surface area contributed by atoms with E-state index in [9.17, 15) is 0 Å². The van der Waals surface area contributed by atoms with Gasteiger partial charge in [0, 0.05) is 0 Å². The summed E-state index contributed by atoms with van der Waals surface area (Å²) in [5.74, 6) is 0. The predicted molar refractivity (Wildman–Crippen MR) is 75.3 cm³/mol. The lowest BCUT2D eigenvalue weighted by Crippen LogP contribution is -1.98. The summed E-state index contributed by atoms with van der Waals surface area (Å²) in [6.07, 6.45) is 9.41. The Balaban J connectivity index is 2.32. The van der Waals surface area contributed by atoms with Crippen molar-refractivity contribution in [1.29, 1.82) is 0 Å². The molecule has 0 aromatic heterocycles. The molecule has 0 saturated heterocycles. The Morgan fingerprint density at radius 2 is 1.94 bits per heavy atom. The zero-order valence-electron chi connectivity index (χ0n) is 10.4. The number of hydrogen-bond donors (Lipinski definition) is 0. The highest BCUT2D eigenvalue weighted by molar-refractivity contribution is 5.94. The highest BCUT2D eigenvalue weighted by Crippen LogP contribution is 2.31. The minimum Gasteiger partial charge on any atom is -0.0836 e. The van der Waals surface area contributed by atoms with Crippen molar-refractivity contribution in [2.24, 2.45) is 0 Å². The fraction of sp³-hybridized carbons (Fsp3) is 0.294. The van der Waals surface area contributed by atoms with Gasteiger partial charge in [-0.25, -0.2) is 0 Å². The molecule has 0 N–H and O–H groups in total. The lowest BCUT2D eigenvalue weighted by molar-refractivity contribution is 0.918. The monoisotopic (exact) mass is 222 g/mol. The van der Waals surface area contributed by atoms with Gasteiger partial charge in [0.1, 0.15) is 0 Å². The van der Waals surface area contributed by atoms with E-state index in [2.05, 4.69) is 49.4 Å². The molecule has 0 amide bonds. The molecule has 0 heterocycles. The van der Waals surface area contributed by atoms with E-state index in [0.717, 1.165) is 0 Å². The van der Waals surface area contributed by atoms with E-state index >= 15 is 0 Å². The van der Waals surface area contributed by atoms with Gasteiger partial charge in [-0.1, -0.05) is 55.8 Å². The van der Waals surface area contributed by atoms with Gasteiger partial charge in [-0.15, -0.1) is 0 Å². The van der Waals surface area contributed by atoms with Crippen molar-refractivity contribution in [2.75, 3.05) is 0 Å². The Bertz CT molecular complexity index is 576. The quantitative estimate of drug-likeness (QED) is 0.687. The van der Waals surface area contributed by atoms with E-state index in [-0.39, 0.29) is 0 Å². The maximum atomic E-state index is 2.44. The molecule has 0 spiro atoms. The second kappa shape index (κ2) is 4.37. The molecule has 0 heteroatoms. The molecule has 0 nitrogen and oxygen atoms in total. The van der Waals surface area contributed by atoms with Crippen LogP contribution in [0.1, 0.15) is 36.5 Å². The van der Waals surface area contributed by atoms with Crippen molar-refractivity contribution in [1.82, 2.24) is 0 Å². The maximum absolute atomic E-state index is 2.44. The van der Waals surface area contributed by atoms with Crippen molar-refractivity contribution in [2.45, 2.75) is 32.6 Å². The normalized spacial score (nSPS) is 13.9. The van der Waals surface area contributed by atoms with Gasteiger partial charge in [-0.3, -0.25) is 0 Å². The van der Waals surface area contributed by atoms with Crippen LogP contribution in [-0.4, -0.2) is 0 Å². The van der Waals surface area contributed by atoms with Crippen LogP contribution in [0.25, 0.3) is 16.8 Å². The standard InChI is InChI=1S/C17H18/c1-2-7-13-12-14-8-3-4-9-16(14)17-11-6-5-10-15(13)17/h4-6,9-12H,2-3,7-8H2,1H3. The molecule has 0 fully saturated rings. The van der Waals surface area contributed by atoms with E-state index in [4.69, 9.17) is 0 Å². The molecule has 2 aromatic carbocycles. The van der Waals surface area contributed by atoms with E-state index in [1.165, 1.54) is 53.1 Å². The lowest BCUT2D eigenvalue weighted by Gasteiger charge is -2.16. The first-order valence-electron chi connectivity index (χ1n) is 6.60.